The number of aryl methyl sites for hydroxylation is 1. The van der Waals surface area contributed by atoms with Gasteiger partial charge < -0.3 is 10.4 Å². The van der Waals surface area contributed by atoms with E-state index in [2.05, 4.69) is 20.3 Å². The van der Waals surface area contributed by atoms with Gasteiger partial charge in [0.2, 0.25) is 5.95 Å². The predicted octanol–water partition coefficient (Wildman–Crippen LogP) is 1.55. The fraction of sp³-hybridized carbons (Fsp3) is 0.200. The molecule has 0 aliphatic heterocycles. The average Bonchev–Trinajstić information content (AvgIpc) is 2.78. The highest BCUT2D eigenvalue weighted by molar-refractivity contribution is 7.09. The molecule has 0 spiro atoms. The Morgan fingerprint density at radius 1 is 1.53 bits per heavy atom. The summed E-state index contributed by atoms with van der Waals surface area (Å²) in [4.78, 5) is 23.8. The van der Waals surface area contributed by atoms with Crippen molar-refractivity contribution in [1.29, 1.82) is 0 Å². The molecule has 7 heteroatoms. The van der Waals surface area contributed by atoms with Crippen LogP contribution in [0.15, 0.2) is 17.9 Å². The number of thiazole rings is 1. The molecule has 0 bridgehead atoms. The highest BCUT2D eigenvalue weighted by Crippen LogP contribution is 2.10. The van der Waals surface area contributed by atoms with E-state index >= 15 is 0 Å². The Kier molecular flexibility index (Phi) is 3.29. The van der Waals surface area contributed by atoms with Crippen molar-refractivity contribution in [3.63, 3.8) is 0 Å². The summed E-state index contributed by atoms with van der Waals surface area (Å²) < 4.78 is 0. The average molecular weight is 250 g/mol. The Bertz CT molecular complexity index is 527. The van der Waals surface area contributed by atoms with E-state index in [9.17, 15) is 4.79 Å². The van der Waals surface area contributed by atoms with Crippen molar-refractivity contribution >= 4 is 23.3 Å². The van der Waals surface area contributed by atoms with Crippen LogP contribution in [0.4, 0.5) is 5.95 Å². The van der Waals surface area contributed by atoms with Crippen LogP contribution in [-0.4, -0.2) is 26.0 Å². The van der Waals surface area contributed by atoms with Gasteiger partial charge in [0.1, 0.15) is 0 Å². The first-order valence-corrected chi connectivity index (χ1v) is 5.73. The molecular weight excluding hydrogens is 240 g/mol. The number of hydrogen-bond acceptors (Lipinski definition) is 6. The molecule has 6 nitrogen and oxygen atoms in total. The summed E-state index contributed by atoms with van der Waals surface area (Å²) >= 11 is 1.53. The van der Waals surface area contributed by atoms with Gasteiger partial charge in [0, 0.05) is 17.3 Å². The Morgan fingerprint density at radius 2 is 2.35 bits per heavy atom. The molecule has 0 amide bonds. The fourth-order valence-corrected chi connectivity index (χ4v) is 1.79. The first kappa shape index (κ1) is 11.5. The molecule has 2 rings (SSSR count). The summed E-state index contributed by atoms with van der Waals surface area (Å²) in [5, 5.41) is 11.8. The van der Waals surface area contributed by atoms with Crippen LogP contribution in [0.25, 0.3) is 0 Å². The van der Waals surface area contributed by atoms with E-state index in [1.807, 2.05) is 0 Å². The van der Waals surface area contributed by atoms with Gasteiger partial charge in [0.25, 0.3) is 0 Å². The Hall–Kier alpha value is -2.02. The molecule has 0 saturated carbocycles. The van der Waals surface area contributed by atoms with Crippen molar-refractivity contribution in [2.45, 2.75) is 13.5 Å². The number of carboxylic acid groups (broad SMARTS) is 1. The number of carboxylic acids is 1. The van der Waals surface area contributed by atoms with Gasteiger partial charge in [-0.3, -0.25) is 4.98 Å². The summed E-state index contributed by atoms with van der Waals surface area (Å²) in [6.45, 7) is 2.22. The minimum atomic E-state index is -1.02. The second-order valence-electron chi connectivity index (χ2n) is 3.32. The Balaban J connectivity index is 2.07. The van der Waals surface area contributed by atoms with Crippen LogP contribution in [0.5, 0.6) is 0 Å². The molecule has 2 aromatic heterocycles. The summed E-state index contributed by atoms with van der Waals surface area (Å²) in [5.41, 5.74) is 2.31. The molecule has 2 heterocycles. The molecule has 0 saturated heterocycles. The number of aromatic nitrogens is 3. The van der Waals surface area contributed by atoms with Gasteiger partial charge in [-0.25, -0.2) is 14.8 Å². The lowest BCUT2D eigenvalue weighted by Crippen LogP contribution is -2.08. The van der Waals surface area contributed by atoms with Gasteiger partial charge in [-0.2, -0.15) is 0 Å². The minimum absolute atomic E-state index is 0.119. The van der Waals surface area contributed by atoms with E-state index in [4.69, 9.17) is 5.11 Å². The maximum absolute atomic E-state index is 10.8. The van der Waals surface area contributed by atoms with Crippen molar-refractivity contribution in [3.8, 4) is 0 Å². The largest absolute Gasteiger partial charge is 0.478 e. The van der Waals surface area contributed by atoms with E-state index in [-0.39, 0.29) is 5.56 Å². The number of rotatable bonds is 4. The van der Waals surface area contributed by atoms with Crippen molar-refractivity contribution in [2.75, 3.05) is 5.32 Å². The molecule has 17 heavy (non-hydrogen) atoms. The lowest BCUT2D eigenvalue weighted by atomic mass is 10.2. The lowest BCUT2D eigenvalue weighted by Gasteiger charge is -2.05. The van der Waals surface area contributed by atoms with Crippen LogP contribution in [0.2, 0.25) is 0 Å². The van der Waals surface area contributed by atoms with Gasteiger partial charge in [0.15, 0.2) is 0 Å². The number of carbonyl (C=O) groups is 1. The van der Waals surface area contributed by atoms with Crippen LogP contribution in [0.1, 0.15) is 20.9 Å². The van der Waals surface area contributed by atoms with Gasteiger partial charge >= 0.3 is 5.97 Å². The summed E-state index contributed by atoms with van der Waals surface area (Å²) in [7, 11) is 0. The topological polar surface area (TPSA) is 88.0 Å². The van der Waals surface area contributed by atoms with E-state index < -0.39 is 5.97 Å². The smallest absolute Gasteiger partial charge is 0.339 e. The normalized spacial score (nSPS) is 10.2. The highest BCUT2D eigenvalue weighted by atomic mass is 32.1. The summed E-state index contributed by atoms with van der Waals surface area (Å²) in [5.74, 6) is -0.600. The lowest BCUT2D eigenvalue weighted by molar-refractivity contribution is 0.0695. The van der Waals surface area contributed by atoms with Gasteiger partial charge in [-0.05, 0) is 6.92 Å². The van der Waals surface area contributed by atoms with Crippen molar-refractivity contribution in [1.82, 2.24) is 15.0 Å². The molecule has 0 radical (unpaired) electrons. The monoisotopic (exact) mass is 250 g/mol. The van der Waals surface area contributed by atoms with Crippen LogP contribution >= 0.6 is 11.3 Å². The third-order valence-electron chi connectivity index (χ3n) is 2.11. The standard InChI is InChI=1S/C10H10N4O2S/c1-6-8(9(15)16)4-13-10(14-6)12-3-7-2-11-5-17-7/h2,4-5H,3H2,1H3,(H,15,16)(H,12,13,14). The molecule has 0 fully saturated rings. The number of hydrogen-bond donors (Lipinski definition) is 2. The first-order chi connectivity index (χ1) is 8.16. The molecule has 0 atom stereocenters. The number of nitrogens with zero attached hydrogens (tertiary/aromatic N) is 3. The Morgan fingerprint density at radius 3 is 2.94 bits per heavy atom. The highest BCUT2D eigenvalue weighted by Gasteiger charge is 2.09. The zero-order valence-electron chi connectivity index (χ0n) is 9.04. The molecular formula is C10H10N4O2S. The van der Waals surface area contributed by atoms with E-state index in [0.29, 0.717) is 18.2 Å². The van der Waals surface area contributed by atoms with Crippen LogP contribution in [0.3, 0.4) is 0 Å². The number of aromatic carboxylic acids is 1. The molecule has 0 aliphatic rings. The Labute approximate surface area is 101 Å². The predicted molar refractivity (Wildman–Crippen MR) is 63.2 cm³/mol. The zero-order chi connectivity index (χ0) is 12.3. The fourth-order valence-electron chi connectivity index (χ4n) is 1.26. The summed E-state index contributed by atoms with van der Waals surface area (Å²) in [6.07, 6.45) is 3.07. The molecule has 0 aromatic carbocycles. The SMILES string of the molecule is Cc1nc(NCc2cncs2)ncc1C(=O)O. The first-order valence-electron chi connectivity index (χ1n) is 4.85. The number of anilines is 1. The maximum atomic E-state index is 10.8. The number of nitrogens with one attached hydrogen (secondary N) is 1. The van der Waals surface area contributed by atoms with Crippen molar-refractivity contribution < 1.29 is 9.90 Å². The second-order valence-corrected chi connectivity index (χ2v) is 4.29. The van der Waals surface area contributed by atoms with E-state index in [1.54, 1.807) is 18.6 Å². The molecule has 0 aliphatic carbocycles. The molecule has 2 N–H and O–H groups in total. The minimum Gasteiger partial charge on any atom is -0.478 e. The van der Waals surface area contributed by atoms with Gasteiger partial charge in [-0.1, -0.05) is 0 Å². The van der Waals surface area contributed by atoms with Crippen LogP contribution in [0, 0.1) is 6.92 Å². The molecule has 0 unspecified atom stereocenters. The van der Waals surface area contributed by atoms with Gasteiger partial charge in [0.05, 0.1) is 23.3 Å². The van der Waals surface area contributed by atoms with E-state index in [0.717, 1.165) is 4.88 Å². The van der Waals surface area contributed by atoms with Crippen molar-refractivity contribution in [3.05, 3.63) is 34.0 Å². The quantitative estimate of drug-likeness (QED) is 0.856. The van der Waals surface area contributed by atoms with Crippen LogP contribution in [-0.2, 0) is 6.54 Å². The zero-order valence-corrected chi connectivity index (χ0v) is 9.86. The summed E-state index contributed by atoms with van der Waals surface area (Å²) in [6, 6.07) is 0. The maximum Gasteiger partial charge on any atom is 0.339 e. The second kappa shape index (κ2) is 4.88. The van der Waals surface area contributed by atoms with Gasteiger partial charge in [-0.15, -0.1) is 11.3 Å². The third kappa shape index (κ3) is 2.76. The van der Waals surface area contributed by atoms with Crippen LogP contribution < -0.4 is 5.32 Å². The van der Waals surface area contributed by atoms with Crippen molar-refractivity contribution in [2.24, 2.45) is 0 Å². The molecule has 2 aromatic rings. The molecule has 88 valence electrons. The third-order valence-corrected chi connectivity index (χ3v) is 2.89. The van der Waals surface area contributed by atoms with E-state index in [1.165, 1.54) is 17.5 Å².